The molecular weight excluding hydrogens is 279 g/mol. The van der Waals surface area contributed by atoms with Crippen molar-refractivity contribution < 1.29 is 23.1 Å². The van der Waals surface area contributed by atoms with Crippen LogP contribution >= 0.6 is 7.60 Å². The van der Waals surface area contributed by atoms with Crippen LogP contribution in [0.15, 0.2) is 24.3 Å². The topological polar surface area (TPSA) is 61.8 Å². The molecule has 5 nitrogen and oxygen atoms in total. The first-order valence-electron chi connectivity index (χ1n) is 6.69. The first kappa shape index (κ1) is 16.9. The third kappa shape index (κ3) is 4.75. The van der Waals surface area contributed by atoms with Crippen molar-refractivity contribution in [2.24, 2.45) is 0 Å². The predicted octanol–water partition coefficient (Wildman–Crippen LogP) is 3.63. The van der Waals surface area contributed by atoms with Crippen LogP contribution in [-0.4, -0.2) is 25.3 Å². The molecule has 1 atom stereocenters. The fourth-order valence-corrected chi connectivity index (χ4v) is 2.81. The molecule has 0 aliphatic carbocycles. The summed E-state index contributed by atoms with van der Waals surface area (Å²) >= 11 is 0. The average Bonchev–Trinajstić information content (AvgIpc) is 2.46. The third-order valence-electron chi connectivity index (χ3n) is 2.64. The van der Waals surface area contributed by atoms with Gasteiger partial charge < -0.3 is 13.8 Å². The van der Waals surface area contributed by atoms with Gasteiger partial charge in [-0.15, -0.1) is 0 Å². The molecule has 1 rings (SSSR count). The molecule has 0 aromatic heterocycles. The van der Waals surface area contributed by atoms with Gasteiger partial charge in [-0.2, -0.15) is 0 Å². The van der Waals surface area contributed by atoms with E-state index < -0.39 is 13.6 Å². The Balaban J connectivity index is 2.82. The van der Waals surface area contributed by atoms with E-state index in [-0.39, 0.29) is 6.61 Å². The van der Waals surface area contributed by atoms with Crippen LogP contribution in [0.2, 0.25) is 0 Å². The van der Waals surface area contributed by atoms with E-state index in [0.29, 0.717) is 30.5 Å². The van der Waals surface area contributed by atoms with Crippen molar-refractivity contribution in [3.8, 4) is 0 Å². The second-order valence-corrected chi connectivity index (χ2v) is 6.37. The average molecular weight is 300 g/mol. The van der Waals surface area contributed by atoms with E-state index in [9.17, 15) is 9.36 Å². The van der Waals surface area contributed by atoms with Crippen molar-refractivity contribution in [1.29, 1.82) is 0 Å². The number of carbonyl (C=O) groups is 1. The minimum Gasteiger partial charge on any atom is -0.462 e. The quantitative estimate of drug-likeness (QED) is 0.542. The van der Waals surface area contributed by atoms with E-state index in [1.165, 1.54) is 0 Å². The zero-order valence-electron chi connectivity index (χ0n) is 12.1. The predicted molar refractivity (Wildman–Crippen MR) is 77.0 cm³/mol. The number of esters is 1. The van der Waals surface area contributed by atoms with Gasteiger partial charge in [0.25, 0.3) is 0 Å². The van der Waals surface area contributed by atoms with Crippen molar-refractivity contribution in [3.63, 3.8) is 0 Å². The van der Waals surface area contributed by atoms with Gasteiger partial charge in [0, 0.05) is 6.16 Å². The Kier molecular flexibility index (Phi) is 6.93. The molecule has 1 unspecified atom stereocenters. The maximum atomic E-state index is 12.2. The molecule has 0 heterocycles. The molecule has 0 N–H and O–H groups in total. The van der Waals surface area contributed by atoms with E-state index >= 15 is 0 Å². The van der Waals surface area contributed by atoms with Crippen molar-refractivity contribution in [1.82, 2.24) is 0 Å². The molecule has 0 aliphatic rings. The number of rotatable bonds is 8. The molecule has 112 valence electrons. The molecule has 0 radical (unpaired) electrons. The standard InChI is InChI=1S/C14H21O5P/c1-4-17-14(15)13-10-8-7-9-12(13)11-19-20(16,6-3)18-5-2/h7-10H,4-6,11H2,1-3H3. The van der Waals surface area contributed by atoms with Crippen molar-refractivity contribution in [2.45, 2.75) is 27.4 Å². The lowest BCUT2D eigenvalue weighted by Gasteiger charge is -2.17. The summed E-state index contributed by atoms with van der Waals surface area (Å²) in [5.41, 5.74) is 1.06. The third-order valence-corrected chi connectivity index (χ3v) is 4.59. The van der Waals surface area contributed by atoms with Crippen LogP contribution in [0.4, 0.5) is 0 Å². The Bertz CT molecular complexity index is 486. The van der Waals surface area contributed by atoms with Gasteiger partial charge in [0.2, 0.25) is 0 Å². The van der Waals surface area contributed by atoms with Crippen LogP contribution in [0.25, 0.3) is 0 Å². The summed E-state index contributed by atoms with van der Waals surface area (Å²) in [6.45, 7) is 5.94. The second kappa shape index (κ2) is 8.20. The number of benzene rings is 1. The van der Waals surface area contributed by atoms with Gasteiger partial charge >= 0.3 is 13.6 Å². The number of ether oxygens (including phenoxy) is 1. The zero-order chi connectivity index (χ0) is 15.0. The lowest BCUT2D eigenvalue weighted by atomic mass is 10.1. The van der Waals surface area contributed by atoms with Crippen LogP contribution in [0.1, 0.15) is 36.7 Å². The van der Waals surface area contributed by atoms with Gasteiger partial charge in [-0.25, -0.2) is 4.79 Å². The highest BCUT2D eigenvalue weighted by molar-refractivity contribution is 7.53. The van der Waals surface area contributed by atoms with Gasteiger partial charge in [0.05, 0.1) is 25.4 Å². The van der Waals surface area contributed by atoms with Gasteiger partial charge in [-0.3, -0.25) is 4.57 Å². The molecule has 0 spiro atoms. The first-order chi connectivity index (χ1) is 9.56. The summed E-state index contributed by atoms with van der Waals surface area (Å²) in [4.78, 5) is 11.8. The van der Waals surface area contributed by atoms with Crippen LogP contribution in [0, 0.1) is 0 Å². The molecule has 0 fully saturated rings. The minimum absolute atomic E-state index is 0.0557. The minimum atomic E-state index is -3.08. The molecule has 0 amide bonds. The molecule has 0 saturated carbocycles. The van der Waals surface area contributed by atoms with Gasteiger partial charge in [-0.05, 0) is 25.5 Å². The van der Waals surface area contributed by atoms with Crippen molar-refractivity contribution >= 4 is 13.6 Å². The second-order valence-electron chi connectivity index (χ2n) is 4.00. The maximum absolute atomic E-state index is 12.2. The smallest absolute Gasteiger partial charge is 0.338 e. The first-order valence-corrected chi connectivity index (χ1v) is 8.42. The van der Waals surface area contributed by atoms with E-state index in [0.717, 1.165) is 0 Å². The van der Waals surface area contributed by atoms with Gasteiger partial charge in [0.15, 0.2) is 0 Å². The van der Waals surface area contributed by atoms with E-state index in [1.54, 1.807) is 45.0 Å². The lowest BCUT2D eigenvalue weighted by molar-refractivity contribution is 0.0522. The molecular formula is C14H21O5P. The Hall–Kier alpha value is -1.16. The van der Waals surface area contributed by atoms with Crippen LogP contribution in [-0.2, 0) is 25.0 Å². The Morgan fingerprint density at radius 3 is 2.40 bits per heavy atom. The van der Waals surface area contributed by atoms with Crippen LogP contribution < -0.4 is 0 Å². The van der Waals surface area contributed by atoms with E-state index in [4.69, 9.17) is 13.8 Å². The SMILES string of the molecule is CCOC(=O)c1ccccc1COP(=O)(CC)OCC. The summed E-state index contributed by atoms with van der Waals surface area (Å²) in [6, 6.07) is 6.95. The number of carbonyl (C=O) groups excluding carboxylic acids is 1. The molecule has 0 saturated heterocycles. The molecule has 1 aromatic rings. The van der Waals surface area contributed by atoms with E-state index in [2.05, 4.69) is 0 Å². The normalized spacial score (nSPS) is 13.8. The molecule has 1 aromatic carbocycles. The molecule has 0 aliphatic heterocycles. The molecule has 20 heavy (non-hydrogen) atoms. The zero-order valence-corrected chi connectivity index (χ0v) is 13.0. The summed E-state index contributed by atoms with van der Waals surface area (Å²) < 4.78 is 27.7. The molecule has 0 bridgehead atoms. The van der Waals surface area contributed by atoms with Crippen LogP contribution in [0.5, 0.6) is 0 Å². The highest BCUT2D eigenvalue weighted by atomic mass is 31.2. The summed E-state index contributed by atoms with van der Waals surface area (Å²) in [6.07, 6.45) is 0.294. The Morgan fingerprint density at radius 2 is 1.80 bits per heavy atom. The number of hydrogen-bond donors (Lipinski definition) is 0. The fourth-order valence-electron chi connectivity index (χ4n) is 1.64. The maximum Gasteiger partial charge on any atom is 0.338 e. The van der Waals surface area contributed by atoms with Crippen LogP contribution in [0.3, 0.4) is 0 Å². The monoisotopic (exact) mass is 300 g/mol. The number of hydrogen-bond acceptors (Lipinski definition) is 5. The van der Waals surface area contributed by atoms with E-state index in [1.807, 2.05) is 0 Å². The summed E-state index contributed by atoms with van der Waals surface area (Å²) in [5, 5.41) is 0. The lowest BCUT2D eigenvalue weighted by Crippen LogP contribution is -2.09. The summed E-state index contributed by atoms with van der Waals surface area (Å²) in [7, 11) is -3.08. The molecule has 6 heteroatoms. The Morgan fingerprint density at radius 1 is 1.10 bits per heavy atom. The summed E-state index contributed by atoms with van der Waals surface area (Å²) in [5.74, 6) is -0.408. The van der Waals surface area contributed by atoms with Gasteiger partial charge in [-0.1, -0.05) is 25.1 Å². The largest absolute Gasteiger partial charge is 0.462 e. The van der Waals surface area contributed by atoms with Crippen molar-refractivity contribution in [2.75, 3.05) is 19.4 Å². The highest BCUT2D eigenvalue weighted by Gasteiger charge is 2.22. The fraction of sp³-hybridized carbons (Fsp3) is 0.500. The Labute approximate surface area is 119 Å². The van der Waals surface area contributed by atoms with Crippen molar-refractivity contribution in [3.05, 3.63) is 35.4 Å². The highest BCUT2D eigenvalue weighted by Crippen LogP contribution is 2.48. The van der Waals surface area contributed by atoms with Gasteiger partial charge in [0.1, 0.15) is 0 Å².